The Morgan fingerprint density at radius 3 is 2.56 bits per heavy atom. The number of carbonyl (C=O) groups excluding carboxylic acids is 2. The van der Waals surface area contributed by atoms with Crippen molar-refractivity contribution in [3.05, 3.63) is 70.3 Å². The van der Waals surface area contributed by atoms with Gasteiger partial charge in [0.25, 0.3) is 17.5 Å². The highest BCUT2D eigenvalue weighted by Crippen LogP contribution is 2.33. The van der Waals surface area contributed by atoms with E-state index in [1.165, 1.54) is 17.0 Å². The molecular weight excluding hydrogens is 348 g/mol. The molecule has 2 aromatic carbocycles. The minimum Gasteiger partial charge on any atom is -0.337 e. The molecule has 136 valence electrons. The van der Waals surface area contributed by atoms with Crippen LogP contribution in [0.5, 0.6) is 0 Å². The molecule has 0 unspecified atom stereocenters. The number of carbonyl (C=O) groups is 2. The predicted molar refractivity (Wildman–Crippen MR) is 97.4 cm³/mol. The van der Waals surface area contributed by atoms with Crippen LogP contribution in [-0.2, 0) is 6.54 Å². The van der Waals surface area contributed by atoms with E-state index in [9.17, 15) is 19.7 Å². The molecule has 8 nitrogen and oxygen atoms in total. The van der Waals surface area contributed by atoms with Crippen molar-refractivity contribution in [3.8, 4) is 0 Å². The molecule has 1 aliphatic rings. The third kappa shape index (κ3) is 2.95. The number of hydrogen-bond acceptors (Lipinski definition) is 5. The summed E-state index contributed by atoms with van der Waals surface area (Å²) in [6, 6.07) is 7.67. The second-order valence-corrected chi connectivity index (χ2v) is 6.42. The van der Waals surface area contributed by atoms with Gasteiger partial charge < -0.3 is 4.57 Å². The predicted octanol–water partition coefficient (Wildman–Crippen LogP) is 3.02. The lowest BCUT2D eigenvalue weighted by molar-refractivity contribution is -0.384. The smallest absolute Gasteiger partial charge is 0.270 e. The van der Waals surface area contributed by atoms with Crippen molar-refractivity contribution in [2.75, 3.05) is 6.54 Å². The first-order valence-electron chi connectivity index (χ1n) is 8.59. The molecule has 0 N–H and O–H groups in total. The van der Waals surface area contributed by atoms with Crippen molar-refractivity contribution in [1.82, 2.24) is 14.5 Å². The molecule has 2 amide bonds. The first-order chi connectivity index (χ1) is 13.1. The second kappa shape index (κ2) is 6.64. The number of nitro groups is 1. The lowest BCUT2D eigenvalue weighted by Crippen LogP contribution is -2.41. The van der Waals surface area contributed by atoms with E-state index in [-0.39, 0.29) is 23.7 Å². The van der Waals surface area contributed by atoms with Crippen molar-refractivity contribution in [3.63, 3.8) is 0 Å². The molecule has 3 aromatic rings. The molecule has 0 bridgehead atoms. The number of hydrogen-bond donors (Lipinski definition) is 0. The molecule has 0 atom stereocenters. The molecule has 8 heteroatoms. The number of non-ortho nitro benzene ring substituents is 1. The molecule has 0 radical (unpaired) electrons. The number of benzene rings is 2. The zero-order chi connectivity index (χ0) is 19.0. The SMILES string of the molecule is O=C1c2cccc3cc([N+](=O)[O-])cc(c23)C(=O)N1CCCCn1ccnc1. The van der Waals surface area contributed by atoms with Crippen LogP contribution in [0.3, 0.4) is 0 Å². The first kappa shape index (κ1) is 16.9. The zero-order valence-electron chi connectivity index (χ0n) is 14.4. The van der Waals surface area contributed by atoms with E-state index in [4.69, 9.17) is 0 Å². The summed E-state index contributed by atoms with van der Waals surface area (Å²) >= 11 is 0. The first-order valence-corrected chi connectivity index (χ1v) is 8.59. The average molecular weight is 364 g/mol. The maximum atomic E-state index is 12.9. The lowest BCUT2D eigenvalue weighted by Gasteiger charge is -2.27. The van der Waals surface area contributed by atoms with E-state index in [1.54, 1.807) is 30.7 Å². The minimum atomic E-state index is -0.526. The van der Waals surface area contributed by atoms with Crippen LogP contribution >= 0.6 is 0 Å². The number of unbranched alkanes of at least 4 members (excludes halogenated alkanes) is 1. The van der Waals surface area contributed by atoms with Crippen molar-refractivity contribution < 1.29 is 14.5 Å². The summed E-state index contributed by atoms with van der Waals surface area (Å²) in [6.45, 7) is 1.01. The Morgan fingerprint density at radius 2 is 1.81 bits per heavy atom. The molecular formula is C19H16N4O4. The van der Waals surface area contributed by atoms with Gasteiger partial charge in [-0.05, 0) is 24.3 Å². The number of aromatic nitrogens is 2. The maximum Gasteiger partial charge on any atom is 0.270 e. The number of aryl methyl sites for hydroxylation is 1. The van der Waals surface area contributed by atoms with E-state index in [1.807, 2.05) is 10.8 Å². The summed E-state index contributed by atoms with van der Waals surface area (Å²) < 4.78 is 1.93. The monoisotopic (exact) mass is 364 g/mol. The van der Waals surface area contributed by atoms with Gasteiger partial charge >= 0.3 is 0 Å². The van der Waals surface area contributed by atoms with Gasteiger partial charge in [0.1, 0.15) is 0 Å². The van der Waals surface area contributed by atoms with Crippen molar-refractivity contribution in [1.29, 1.82) is 0 Å². The Bertz CT molecular complexity index is 1060. The normalized spacial score (nSPS) is 13.4. The number of amides is 2. The summed E-state index contributed by atoms with van der Waals surface area (Å²) in [7, 11) is 0. The molecule has 0 spiro atoms. The summed E-state index contributed by atoms with van der Waals surface area (Å²) in [5, 5.41) is 12.2. The van der Waals surface area contributed by atoms with Crippen LogP contribution in [0.1, 0.15) is 33.6 Å². The van der Waals surface area contributed by atoms with E-state index in [0.29, 0.717) is 22.8 Å². The number of imidazole rings is 1. The number of nitro benzene ring substituents is 1. The van der Waals surface area contributed by atoms with Gasteiger partial charge in [0.2, 0.25) is 0 Å². The van der Waals surface area contributed by atoms with Crippen LogP contribution in [0.2, 0.25) is 0 Å². The third-order valence-electron chi connectivity index (χ3n) is 4.73. The van der Waals surface area contributed by atoms with Crippen molar-refractivity contribution in [2.45, 2.75) is 19.4 Å². The second-order valence-electron chi connectivity index (χ2n) is 6.42. The summed E-state index contributed by atoms with van der Waals surface area (Å²) in [6.07, 6.45) is 6.68. The van der Waals surface area contributed by atoms with Crippen molar-refractivity contribution in [2.24, 2.45) is 0 Å². The van der Waals surface area contributed by atoms with E-state index >= 15 is 0 Å². The highest BCUT2D eigenvalue weighted by molar-refractivity contribution is 6.25. The molecule has 4 rings (SSSR count). The van der Waals surface area contributed by atoms with Gasteiger partial charge in [0.15, 0.2) is 0 Å². The lowest BCUT2D eigenvalue weighted by atomic mass is 9.93. The van der Waals surface area contributed by atoms with Gasteiger partial charge in [-0.1, -0.05) is 12.1 Å². The van der Waals surface area contributed by atoms with Crippen LogP contribution in [0.25, 0.3) is 10.8 Å². The average Bonchev–Trinajstić information content (AvgIpc) is 3.18. The standard InChI is InChI=1S/C19H16N4O4/c24-18-15-5-3-4-13-10-14(23(26)27)11-16(17(13)15)19(25)22(18)8-2-1-7-21-9-6-20-12-21/h3-6,9-12H,1-2,7-8H2. The van der Waals surface area contributed by atoms with Crippen LogP contribution in [0.4, 0.5) is 5.69 Å². The minimum absolute atomic E-state index is 0.155. The number of rotatable bonds is 6. The summed E-state index contributed by atoms with van der Waals surface area (Å²) in [5.41, 5.74) is 0.466. The van der Waals surface area contributed by atoms with Crippen LogP contribution in [0.15, 0.2) is 49.1 Å². The fraction of sp³-hybridized carbons (Fsp3) is 0.211. The van der Waals surface area contributed by atoms with E-state index in [0.717, 1.165) is 13.0 Å². The van der Waals surface area contributed by atoms with Gasteiger partial charge in [-0.2, -0.15) is 0 Å². The van der Waals surface area contributed by atoms with E-state index < -0.39 is 10.8 Å². The molecule has 0 saturated carbocycles. The van der Waals surface area contributed by atoms with Gasteiger partial charge in [-0.25, -0.2) is 4.98 Å². The van der Waals surface area contributed by atoms with E-state index in [2.05, 4.69) is 4.98 Å². The molecule has 0 fully saturated rings. The molecule has 0 saturated heterocycles. The highest BCUT2D eigenvalue weighted by Gasteiger charge is 2.33. The van der Waals surface area contributed by atoms with Gasteiger partial charge in [0, 0.05) is 48.6 Å². The fourth-order valence-corrected chi connectivity index (χ4v) is 3.43. The third-order valence-corrected chi connectivity index (χ3v) is 4.73. The molecule has 2 heterocycles. The Labute approximate surface area is 154 Å². The Balaban J connectivity index is 1.61. The Morgan fingerprint density at radius 1 is 1.04 bits per heavy atom. The summed E-state index contributed by atoms with van der Waals surface area (Å²) in [5.74, 6) is -0.829. The summed E-state index contributed by atoms with van der Waals surface area (Å²) in [4.78, 5) is 41.5. The molecule has 0 aliphatic carbocycles. The number of imide groups is 1. The quantitative estimate of drug-likeness (QED) is 0.290. The molecule has 27 heavy (non-hydrogen) atoms. The van der Waals surface area contributed by atoms with Gasteiger partial charge in [-0.15, -0.1) is 0 Å². The van der Waals surface area contributed by atoms with Crippen LogP contribution < -0.4 is 0 Å². The maximum absolute atomic E-state index is 12.9. The largest absolute Gasteiger partial charge is 0.337 e. The van der Waals surface area contributed by atoms with Gasteiger partial charge in [0.05, 0.1) is 16.8 Å². The fourth-order valence-electron chi connectivity index (χ4n) is 3.43. The number of nitrogens with zero attached hydrogens (tertiary/aromatic N) is 4. The van der Waals surface area contributed by atoms with Crippen molar-refractivity contribution >= 4 is 28.3 Å². The zero-order valence-corrected chi connectivity index (χ0v) is 14.4. The van der Waals surface area contributed by atoms with Crippen LogP contribution in [-0.4, -0.2) is 37.7 Å². The topological polar surface area (TPSA) is 98.3 Å². The molecule has 1 aromatic heterocycles. The van der Waals surface area contributed by atoms with Gasteiger partial charge in [-0.3, -0.25) is 24.6 Å². The highest BCUT2D eigenvalue weighted by atomic mass is 16.6. The molecule has 1 aliphatic heterocycles. The van der Waals surface area contributed by atoms with Crippen LogP contribution in [0, 0.1) is 10.1 Å². The Hall–Kier alpha value is -3.55. The Kier molecular flexibility index (Phi) is 4.15.